The Morgan fingerprint density at radius 1 is 1.05 bits per heavy atom. The van der Waals surface area contributed by atoms with Gasteiger partial charge in [-0.2, -0.15) is 0 Å². The fraction of sp³-hybridized carbons (Fsp3) is 0.500. The number of rotatable bonds is 1. The predicted octanol–water partition coefficient (Wildman–Crippen LogP) is 3.60. The van der Waals surface area contributed by atoms with Crippen molar-refractivity contribution in [3.8, 4) is 0 Å². The summed E-state index contributed by atoms with van der Waals surface area (Å²) in [5, 5.41) is 0. The summed E-state index contributed by atoms with van der Waals surface area (Å²) in [5.41, 5.74) is 2.71. The third-order valence-electron chi connectivity index (χ3n) is 4.55. The average Bonchev–Trinajstić information content (AvgIpc) is 2.82. The van der Waals surface area contributed by atoms with E-state index in [2.05, 4.69) is 22.9 Å². The number of halogens is 1. The molecule has 1 aromatic carbocycles. The second-order valence-corrected chi connectivity index (χ2v) is 7.11. The van der Waals surface area contributed by atoms with E-state index in [-0.39, 0.29) is 23.7 Å². The number of hydrogen-bond donors (Lipinski definition) is 0. The lowest BCUT2D eigenvalue weighted by Gasteiger charge is -2.21. The summed E-state index contributed by atoms with van der Waals surface area (Å²) < 4.78 is 0.976. The van der Waals surface area contributed by atoms with Crippen LogP contribution in [-0.2, 0) is 9.59 Å². The van der Waals surface area contributed by atoms with Crippen molar-refractivity contribution in [3.63, 3.8) is 0 Å². The molecule has 1 aliphatic carbocycles. The summed E-state index contributed by atoms with van der Waals surface area (Å²) in [6, 6.07) is 3.92. The largest absolute Gasteiger partial charge is 0.274 e. The van der Waals surface area contributed by atoms with Crippen LogP contribution in [0.25, 0.3) is 0 Å². The smallest absolute Gasteiger partial charge is 0.237 e. The Bertz CT molecular complexity index is 563. The highest BCUT2D eigenvalue weighted by Crippen LogP contribution is 2.45. The van der Waals surface area contributed by atoms with E-state index in [4.69, 9.17) is 0 Å². The minimum atomic E-state index is -0.0973. The van der Waals surface area contributed by atoms with Crippen LogP contribution in [0, 0.1) is 31.6 Å². The average molecular weight is 336 g/mol. The number of fused-ring (bicyclic) bond motifs is 1. The Hall–Kier alpha value is -1.16. The number of hydrogen-bond acceptors (Lipinski definition) is 2. The number of carbonyl (C=O) groups is 2. The van der Waals surface area contributed by atoms with Crippen molar-refractivity contribution in [3.05, 3.63) is 27.7 Å². The molecule has 2 atom stereocenters. The first-order chi connectivity index (χ1) is 9.40. The van der Waals surface area contributed by atoms with Crippen LogP contribution >= 0.6 is 15.9 Å². The van der Waals surface area contributed by atoms with Crippen LogP contribution in [0.3, 0.4) is 0 Å². The number of nitrogens with zero attached hydrogens (tertiary/aromatic N) is 1. The lowest BCUT2D eigenvalue weighted by Crippen LogP contribution is -2.33. The maximum absolute atomic E-state index is 12.6. The molecule has 3 nitrogen and oxygen atoms in total. The molecule has 0 radical (unpaired) electrons. The summed E-state index contributed by atoms with van der Waals surface area (Å²) in [7, 11) is 0. The lowest BCUT2D eigenvalue weighted by atomic mass is 10.00. The van der Waals surface area contributed by atoms with E-state index >= 15 is 0 Å². The van der Waals surface area contributed by atoms with E-state index < -0.39 is 0 Å². The molecule has 1 aliphatic heterocycles. The molecule has 106 valence electrons. The molecule has 20 heavy (non-hydrogen) atoms. The van der Waals surface area contributed by atoms with E-state index in [9.17, 15) is 9.59 Å². The zero-order valence-electron chi connectivity index (χ0n) is 11.9. The van der Waals surface area contributed by atoms with Gasteiger partial charge in [0, 0.05) is 4.47 Å². The van der Waals surface area contributed by atoms with Crippen molar-refractivity contribution >= 4 is 33.4 Å². The van der Waals surface area contributed by atoms with Gasteiger partial charge in [0.15, 0.2) is 0 Å². The monoisotopic (exact) mass is 335 g/mol. The number of benzene rings is 1. The van der Waals surface area contributed by atoms with E-state index in [1.807, 2.05) is 26.0 Å². The van der Waals surface area contributed by atoms with Gasteiger partial charge in [-0.25, -0.2) is 4.90 Å². The van der Waals surface area contributed by atoms with Gasteiger partial charge in [0.2, 0.25) is 11.8 Å². The normalized spacial score (nSPS) is 29.2. The van der Waals surface area contributed by atoms with E-state index in [0.717, 1.165) is 34.1 Å². The quantitative estimate of drug-likeness (QED) is 0.735. The van der Waals surface area contributed by atoms with Crippen molar-refractivity contribution in [2.45, 2.75) is 33.6 Å². The Morgan fingerprint density at radius 3 is 1.95 bits per heavy atom. The van der Waals surface area contributed by atoms with Gasteiger partial charge in [-0.3, -0.25) is 9.59 Å². The van der Waals surface area contributed by atoms with Crippen molar-refractivity contribution < 1.29 is 9.59 Å². The zero-order valence-corrected chi connectivity index (χ0v) is 13.5. The minimum absolute atomic E-state index is 0.00197. The van der Waals surface area contributed by atoms with E-state index in [1.54, 1.807) is 0 Å². The number of carbonyl (C=O) groups excluding carboxylic acids is 2. The molecule has 2 amide bonds. The summed E-state index contributed by atoms with van der Waals surface area (Å²) in [5.74, 6) is 0.280. The van der Waals surface area contributed by atoms with Crippen LogP contribution in [0.2, 0.25) is 0 Å². The third kappa shape index (κ3) is 1.93. The highest BCUT2D eigenvalue weighted by molar-refractivity contribution is 9.10. The number of imide groups is 1. The Labute approximate surface area is 127 Å². The molecule has 2 fully saturated rings. The van der Waals surface area contributed by atoms with Crippen LogP contribution in [-0.4, -0.2) is 11.8 Å². The van der Waals surface area contributed by atoms with Crippen LogP contribution < -0.4 is 4.90 Å². The molecular weight excluding hydrogens is 318 g/mol. The first-order valence-electron chi connectivity index (χ1n) is 7.04. The van der Waals surface area contributed by atoms with Gasteiger partial charge < -0.3 is 0 Å². The van der Waals surface area contributed by atoms with Crippen LogP contribution in [0.1, 0.15) is 30.9 Å². The molecule has 4 heteroatoms. The zero-order chi connectivity index (χ0) is 14.6. The summed E-state index contributed by atoms with van der Waals surface area (Å²) in [6.07, 6.45) is 1.70. The third-order valence-corrected chi connectivity index (χ3v) is 5.01. The van der Waals surface area contributed by atoms with Crippen LogP contribution in [0.5, 0.6) is 0 Å². The first-order valence-corrected chi connectivity index (χ1v) is 7.84. The summed E-state index contributed by atoms with van der Waals surface area (Å²) in [6.45, 7) is 6.02. The predicted molar refractivity (Wildman–Crippen MR) is 81.5 cm³/mol. The fourth-order valence-electron chi connectivity index (χ4n) is 3.75. The Kier molecular flexibility index (Phi) is 3.24. The molecule has 0 aromatic heterocycles. The van der Waals surface area contributed by atoms with Gasteiger partial charge in [0.1, 0.15) is 0 Å². The number of aryl methyl sites for hydroxylation is 2. The van der Waals surface area contributed by atoms with E-state index in [0.29, 0.717) is 5.92 Å². The SMILES string of the molecule is Cc1cc(Br)cc(C)c1N1C(=O)C2CC(C)CC2C1=O. The van der Waals surface area contributed by atoms with Gasteiger partial charge in [-0.15, -0.1) is 0 Å². The molecule has 1 heterocycles. The molecule has 0 bridgehead atoms. The van der Waals surface area contributed by atoms with Gasteiger partial charge in [-0.1, -0.05) is 22.9 Å². The highest BCUT2D eigenvalue weighted by atomic mass is 79.9. The second kappa shape index (κ2) is 4.69. The summed E-state index contributed by atoms with van der Waals surface area (Å²) >= 11 is 3.45. The number of amides is 2. The molecule has 1 saturated heterocycles. The lowest BCUT2D eigenvalue weighted by molar-refractivity contribution is -0.123. The van der Waals surface area contributed by atoms with Crippen molar-refractivity contribution in [1.29, 1.82) is 0 Å². The molecular formula is C16H18BrNO2. The van der Waals surface area contributed by atoms with Crippen LogP contribution in [0.4, 0.5) is 5.69 Å². The first kappa shape index (κ1) is 13.8. The van der Waals surface area contributed by atoms with Crippen molar-refractivity contribution in [1.82, 2.24) is 0 Å². The van der Waals surface area contributed by atoms with E-state index in [1.165, 1.54) is 4.90 Å². The maximum atomic E-state index is 12.6. The molecule has 1 saturated carbocycles. The molecule has 3 rings (SSSR count). The Balaban J connectivity index is 2.05. The molecule has 0 spiro atoms. The molecule has 0 N–H and O–H groups in total. The minimum Gasteiger partial charge on any atom is -0.274 e. The number of anilines is 1. The Morgan fingerprint density at radius 2 is 1.50 bits per heavy atom. The molecule has 2 unspecified atom stereocenters. The van der Waals surface area contributed by atoms with Crippen molar-refractivity contribution in [2.24, 2.45) is 17.8 Å². The topological polar surface area (TPSA) is 37.4 Å². The van der Waals surface area contributed by atoms with Gasteiger partial charge >= 0.3 is 0 Å². The summed E-state index contributed by atoms with van der Waals surface area (Å²) in [4.78, 5) is 26.7. The fourth-order valence-corrected chi connectivity index (χ4v) is 4.44. The van der Waals surface area contributed by atoms with Gasteiger partial charge in [0.25, 0.3) is 0 Å². The van der Waals surface area contributed by atoms with Crippen LogP contribution in [0.15, 0.2) is 16.6 Å². The standard InChI is InChI=1S/C16H18BrNO2/c1-8-4-12-13(5-8)16(20)18(15(12)19)14-9(2)6-11(17)7-10(14)3/h6-8,12-13H,4-5H2,1-3H3. The molecule has 2 aliphatic rings. The maximum Gasteiger partial charge on any atom is 0.237 e. The van der Waals surface area contributed by atoms with Gasteiger partial charge in [0.05, 0.1) is 17.5 Å². The van der Waals surface area contributed by atoms with Crippen molar-refractivity contribution in [2.75, 3.05) is 4.90 Å². The molecule has 1 aromatic rings. The van der Waals surface area contributed by atoms with Gasteiger partial charge in [-0.05, 0) is 55.9 Å². The second-order valence-electron chi connectivity index (χ2n) is 6.19. The highest BCUT2D eigenvalue weighted by Gasteiger charge is 2.52.